The van der Waals surface area contributed by atoms with E-state index in [0.29, 0.717) is 24.3 Å². The molecule has 4 aromatic rings. The molecule has 4 N–H and O–H groups in total. The van der Waals surface area contributed by atoms with E-state index >= 15 is 0 Å². The molecule has 0 radical (unpaired) electrons. The van der Waals surface area contributed by atoms with Crippen LogP contribution in [0.15, 0.2) is 108 Å². The van der Waals surface area contributed by atoms with Crippen molar-refractivity contribution in [1.29, 1.82) is 0 Å². The normalized spacial score (nSPS) is 23.4. The first kappa shape index (κ1) is 35.9. The largest absolute Gasteiger partial charge is 0.392 e. The summed E-state index contributed by atoms with van der Waals surface area (Å²) in [7, 11) is -4.01. The van der Waals surface area contributed by atoms with Crippen molar-refractivity contribution in [2.45, 2.75) is 68.8 Å². The average Bonchev–Trinajstić information content (AvgIpc) is 3.53. The van der Waals surface area contributed by atoms with E-state index in [9.17, 15) is 23.4 Å². The van der Waals surface area contributed by atoms with Gasteiger partial charge in [0.2, 0.25) is 15.9 Å². The van der Waals surface area contributed by atoms with E-state index in [2.05, 4.69) is 21.9 Å². The van der Waals surface area contributed by atoms with Gasteiger partial charge in [-0.05, 0) is 60.7 Å². The molecule has 2 aliphatic heterocycles. The number of nitrogens with one attached hydrogen (secondary N) is 2. The predicted octanol–water partition coefficient (Wildman–Crippen LogP) is 4.87. The highest BCUT2D eigenvalue weighted by atomic mass is 32.2. The van der Waals surface area contributed by atoms with Crippen LogP contribution in [-0.4, -0.2) is 67.3 Å². The quantitative estimate of drug-likeness (QED) is 0.164. The van der Waals surface area contributed by atoms with Gasteiger partial charge in [-0.1, -0.05) is 91.3 Å². The number of nitrogens with zero attached hydrogens (tertiary/aromatic N) is 1. The van der Waals surface area contributed by atoms with Gasteiger partial charge < -0.3 is 25.0 Å². The van der Waals surface area contributed by atoms with Crippen LogP contribution in [0.3, 0.4) is 0 Å². The van der Waals surface area contributed by atoms with E-state index in [-0.39, 0.29) is 42.2 Å². The summed E-state index contributed by atoms with van der Waals surface area (Å²) in [6.07, 6.45) is -0.775. The monoisotopic (exact) mass is 699 g/mol. The average molecular weight is 700 g/mol. The second-order valence-electron chi connectivity index (χ2n) is 13.3. The van der Waals surface area contributed by atoms with Crippen molar-refractivity contribution < 1.29 is 32.9 Å². The van der Waals surface area contributed by atoms with Crippen molar-refractivity contribution in [3.05, 3.63) is 131 Å². The van der Waals surface area contributed by atoms with Gasteiger partial charge in [0.25, 0.3) is 0 Å². The number of likely N-dealkylation sites (tertiary alicyclic amines) is 1. The third kappa shape index (κ3) is 8.85. The van der Waals surface area contributed by atoms with Crippen LogP contribution in [0.4, 0.5) is 5.69 Å². The van der Waals surface area contributed by atoms with Crippen LogP contribution in [0.25, 0.3) is 0 Å². The molecule has 10 nitrogen and oxygen atoms in total. The third-order valence-electron chi connectivity index (χ3n) is 9.46. The molecule has 2 aliphatic rings. The summed E-state index contributed by atoms with van der Waals surface area (Å²) in [5.41, 5.74) is 4.66. The zero-order valence-corrected chi connectivity index (χ0v) is 29.1. The molecule has 6 rings (SSSR count). The summed E-state index contributed by atoms with van der Waals surface area (Å²) < 4.78 is 42.6. The number of benzene rings is 4. The number of β-amino-alcohol motifs (C(OH)–C–C–N with tert-alkyl or cyclic N) is 1. The SMILES string of the molecule is Cc1ccc(S(=O)(=O)N[C@H](Cc2ccccc2)C(=O)Nc2cccc([C@H]3O[C@@H](CN4CC[C@H](O)C4)[C@@H](C)[C@@H](c4ccc(CO)cc4)O3)c2)cc1. The van der Waals surface area contributed by atoms with Crippen molar-refractivity contribution in [3.8, 4) is 0 Å². The topological polar surface area (TPSA) is 137 Å². The molecule has 0 aliphatic carbocycles. The van der Waals surface area contributed by atoms with Crippen molar-refractivity contribution in [2.24, 2.45) is 5.92 Å². The predicted molar refractivity (Wildman–Crippen MR) is 191 cm³/mol. The van der Waals surface area contributed by atoms with Gasteiger partial charge in [-0.2, -0.15) is 4.72 Å². The Bertz CT molecular complexity index is 1840. The number of ether oxygens (including phenoxy) is 2. The smallest absolute Gasteiger partial charge is 0.242 e. The molecule has 2 saturated heterocycles. The maximum atomic E-state index is 13.8. The summed E-state index contributed by atoms with van der Waals surface area (Å²) in [5.74, 6) is -0.528. The summed E-state index contributed by atoms with van der Waals surface area (Å²) in [6.45, 7) is 5.93. The Hall–Kier alpha value is -3.94. The van der Waals surface area contributed by atoms with Gasteiger partial charge in [-0.25, -0.2) is 8.42 Å². The molecule has 0 aromatic heterocycles. The Morgan fingerprint density at radius 2 is 1.66 bits per heavy atom. The van der Waals surface area contributed by atoms with Crippen LogP contribution < -0.4 is 10.0 Å². The van der Waals surface area contributed by atoms with E-state index < -0.39 is 28.3 Å². The first-order chi connectivity index (χ1) is 24.1. The maximum absolute atomic E-state index is 13.8. The number of rotatable bonds is 12. The molecule has 0 saturated carbocycles. The Labute approximate surface area is 294 Å². The van der Waals surface area contributed by atoms with Gasteiger partial charge in [-0.15, -0.1) is 0 Å². The number of hydrogen-bond acceptors (Lipinski definition) is 8. The summed E-state index contributed by atoms with van der Waals surface area (Å²) in [5, 5.41) is 22.7. The van der Waals surface area contributed by atoms with Gasteiger partial charge in [0.15, 0.2) is 6.29 Å². The lowest BCUT2D eigenvalue weighted by molar-refractivity contribution is -0.276. The Kier molecular flexibility index (Phi) is 11.4. The zero-order valence-electron chi connectivity index (χ0n) is 28.3. The molecule has 11 heteroatoms. The fourth-order valence-electron chi connectivity index (χ4n) is 6.56. The molecule has 1 amide bonds. The van der Waals surface area contributed by atoms with E-state index in [1.54, 1.807) is 30.3 Å². The summed E-state index contributed by atoms with van der Waals surface area (Å²) in [6, 6.07) is 29.6. The Morgan fingerprint density at radius 1 is 0.920 bits per heavy atom. The number of carbonyl (C=O) groups is 1. The molecule has 264 valence electrons. The second kappa shape index (κ2) is 15.9. The number of carbonyl (C=O) groups excluding carboxylic acids is 1. The Balaban J connectivity index is 1.23. The number of aryl methyl sites for hydroxylation is 1. The number of hydrogen-bond donors (Lipinski definition) is 4. The highest BCUT2D eigenvalue weighted by molar-refractivity contribution is 7.89. The van der Waals surface area contributed by atoms with Crippen molar-refractivity contribution in [3.63, 3.8) is 0 Å². The number of anilines is 1. The molecule has 0 unspecified atom stereocenters. The van der Waals surface area contributed by atoms with Crippen molar-refractivity contribution in [1.82, 2.24) is 9.62 Å². The highest BCUT2D eigenvalue weighted by Gasteiger charge is 2.40. The van der Waals surface area contributed by atoms with E-state index in [1.807, 2.05) is 67.6 Å². The lowest BCUT2D eigenvalue weighted by Crippen LogP contribution is -2.45. The van der Waals surface area contributed by atoms with Crippen LogP contribution in [0.2, 0.25) is 0 Å². The van der Waals surface area contributed by atoms with Crippen molar-refractivity contribution in [2.75, 3.05) is 25.0 Å². The van der Waals surface area contributed by atoms with Gasteiger partial charge in [0, 0.05) is 36.8 Å². The fourth-order valence-corrected chi connectivity index (χ4v) is 7.76. The molecular weight excluding hydrogens is 655 g/mol. The van der Waals surface area contributed by atoms with Crippen LogP contribution in [-0.2, 0) is 37.3 Å². The minimum atomic E-state index is -4.01. The van der Waals surface area contributed by atoms with E-state index in [1.165, 1.54) is 12.1 Å². The van der Waals surface area contributed by atoms with Gasteiger partial charge >= 0.3 is 0 Å². The lowest BCUT2D eigenvalue weighted by Gasteiger charge is -2.42. The number of aliphatic hydroxyl groups excluding tert-OH is 2. The Morgan fingerprint density at radius 3 is 2.34 bits per heavy atom. The standard InChI is InChI=1S/C39H45N3O7S/c1-26-11-17-34(18-12-26)50(46,47)41-35(21-28-7-4-3-5-8-28)38(45)40-32-10-6-9-31(22-32)39-48-36(24-42-20-19-33(44)23-42)27(2)37(49-39)30-15-13-29(25-43)14-16-30/h3-18,22,27,33,35-37,39,41,43-44H,19-21,23-25H2,1-2H3,(H,40,45)/t27-,33+,35-,36+,37+,39+/m1/s1. The van der Waals surface area contributed by atoms with Crippen LogP contribution >= 0.6 is 0 Å². The zero-order chi connectivity index (χ0) is 35.3. The first-order valence-electron chi connectivity index (χ1n) is 17.0. The van der Waals surface area contributed by atoms with Gasteiger partial charge in [0.05, 0.1) is 29.8 Å². The molecular formula is C39H45N3O7S. The molecule has 0 spiro atoms. The molecule has 4 aromatic carbocycles. The van der Waals surface area contributed by atoms with Crippen molar-refractivity contribution >= 4 is 21.6 Å². The molecule has 6 atom stereocenters. The number of amides is 1. The highest BCUT2D eigenvalue weighted by Crippen LogP contribution is 2.42. The van der Waals surface area contributed by atoms with E-state index in [0.717, 1.165) is 35.2 Å². The number of sulfonamides is 1. The van der Waals surface area contributed by atoms with Gasteiger partial charge in [-0.3, -0.25) is 9.69 Å². The maximum Gasteiger partial charge on any atom is 0.242 e. The summed E-state index contributed by atoms with van der Waals surface area (Å²) in [4.78, 5) is 16.1. The molecule has 50 heavy (non-hydrogen) atoms. The van der Waals surface area contributed by atoms with Crippen LogP contribution in [0.1, 0.15) is 53.6 Å². The minimum absolute atomic E-state index is 0.0212. The molecule has 2 fully saturated rings. The first-order valence-corrected chi connectivity index (χ1v) is 18.5. The van der Waals surface area contributed by atoms with Crippen LogP contribution in [0, 0.1) is 12.8 Å². The third-order valence-corrected chi connectivity index (χ3v) is 11.0. The van der Waals surface area contributed by atoms with Crippen LogP contribution in [0.5, 0.6) is 0 Å². The fraction of sp³-hybridized carbons (Fsp3) is 0.359. The summed E-state index contributed by atoms with van der Waals surface area (Å²) >= 11 is 0. The van der Waals surface area contributed by atoms with E-state index in [4.69, 9.17) is 9.47 Å². The van der Waals surface area contributed by atoms with Gasteiger partial charge in [0.1, 0.15) is 6.04 Å². The second-order valence-corrected chi connectivity index (χ2v) is 15.0. The number of aliphatic hydroxyl groups is 2. The molecule has 2 heterocycles. The lowest BCUT2D eigenvalue weighted by atomic mass is 9.90. The molecule has 0 bridgehead atoms. The minimum Gasteiger partial charge on any atom is -0.392 e.